The van der Waals surface area contributed by atoms with Gasteiger partial charge in [0.2, 0.25) is 11.8 Å². The summed E-state index contributed by atoms with van der Waals surface area (Å²) in [5, 5.41) is 0. The summed E-state index contributed by atoms with van der Waals surface area (Å²) in [5.41, 5.74) is 5.93. The fourth-order valence-electron chi connectivity index (χ4n) is 3.00. The summed E-state index contributed by atoms with van der Waals surface area (Å²) in [5.74, 6) is -0.197. The van der Waals surface area contributed by atoms with E-state index in [9.17, 15) is 9.59 Å². The summed E-state index contributed by atoms with van der Waals surface area (Å²) in [4.78, 5) is 28.8. The lowest BCUT2D eigenvalue weighted by Crippen LogP contribution is -2.54. The number of aryl methyl sites for hydroxylation is 4. The van der Waals surface area contributed by atoms with Gasteiger partial charge in [0.15, 0.2) is 0 Å². The van der Waals surface area contributed by atoms with Crippen molar-refractivity contribution in [1.82, 2.24) is 0 Å². The van der Waals surface area contributed by atoms with E-state index in [4.69, 9.17) is 0 Å². The molecule has 1 fully saturated rings. The molecule has 1 aliphatic heterocycles. The zero-order chi connectivity index (χ0) is 19.2. The Kier molecular flexibility index (Phi) is 5.26. The molecule has 4 nitrogen and oxygen atoms in total. The first-order valence-corrected chi connectivity index (χ1v) is 9.92. The van der Waals surface area contributed by atoms with E-state index in [0.29, 0.717) is 0 Å². The SMILES string of the molecule is Cc1cc(Br)c(N2CC(=O)N(c3cc(C)c(C)cc3Br)CC2=O)cc1C. The fourth-order valence-corrected chi connectivity index (χ4v) is 4.35. The molecule has 0 aliphatic carbocycles. The molecule has 26 heavy (non-hydrogen) atoms. The number of rotatable bonds is 2. The normalized spacial score (nSPS) is 15.0. The van der Waals surface area contributed by atoms with Crippen LogP contribution in [0.4, 0.5) is 11.4 Å². The molecule has 136 valence electrons. The van der Waals surface area contributed by atoms with Gasteiger partial charge in [0, 0.05) is 8.95 Å². The van der Waals surface area contributed by atoms with Crippen molar-refractivity contribution in [2.75, 3.05) is 22.9 Å². The molecule has 2 amide bonds. The molecule has 6 heteroatoms. The molecule has 0 bridgehead atoms. The number of piperazine rings is 1. The molecule has 0 N–H and O–H groups in total. The largest absolute Gasteiger partial charge is 0.300 e. The van der Waals surface area contributed by atoms with Crippen molar-refractivity contribution >= 4 is 55.0 Å². The van der Waals surface area contributed by atoms with Gasteiger partial charge in [-0.15, -0.1) is 0 Å². The molecule has 2 aromatic rings. The van der Waals surface area contributed by atoms with Gasteiger partial charge in [0.25, 0.3) is 0 Å². The number of hydrogen-bond acceptors (Lipinski definition) is 2. The second kappa shape index (κ2) is 7.16. The first-order valence-electron chi connectivity index (χ1n) is 8.33. The molecule has 0 radical (unpaired) electrons. The highest BCUT2D eigenvalue weighted by molar-refractivity contribution is 9.11. The average molecular weight is 480 g/mol. The average Bonchev–Trinajstić information content (AvgIpc) is 2.56. The van der Waals surface area contributed by atoms with Crippen LogP contribution in [0.1, 0.15) is 22.3 Å². The predicted molar refractivity (Wildman–Crippen MR) is 112 cm³/mol. The minimum absolute atomic E-state index is 0.0271. The smallest absolute Gasteiger partial charge is 0.247 e. The van der Waals surface area contributed by atoms with Crippen molar-refractivity contribution in [2.24, 2.45) is 0 Å². The fraction of sp³-hybridized carbons (Fsp3) is 0.300. The second-order valence-corrected chi connectivity index (χ2v) is 8.44. The molecule has 2 aromatic carbocycles. The van der Waals surface area contributed by atoms with E-state index in [1.165, 1.54) is 0 Å². The van der Waals surface area contributed by atoms with E-state index in [1.807, 2.05) is 52.0 Å². The summed E-state index contributed by atoms with van der Waals surface area (Å²) < 4.78 is 1.64. The number of benzene rings is 2. The lowest BCUT2D eigenvalue weighted by molar-refractivity contribution is -0.125. The first-order chi connectivity index (χ1) is 12.2. The molecule has 1 heterocycles. The van der Waals surface area contributed by atoms with Gasteiger partial charge in [-0.1, -0.05) is 0 Å². The summed E-state index contributed by atoms with van der Waals surface area (Å²) in [6, 6.07) is 7.86. The van der Waals surface area contributed by atoms with Crippen LogP contribution >= 0.6 is 31.9 Å². The monoisotopic (exact) mass is 478 g/mol. The third-order valence-electron chi connectivity index (χ3n) is 4.90. The van der Waals surface area contributed by atoms with Crippen LogP contribution in [0.15, 0.2) is 33.2 Å². The topological polar surface area (TPSA) is 40.6 Å². The Morgan fingerprint density at radius 1 is 0.654 bits per heavy atom. The van der Waals surface area contributed by atoms with E-state index in [0.717, 1.165) is 42.6 Å². The van der Waals surface area contributed by atoms with Crippen LogP contribution < -0.4 is 9.80 Å². The number of hydrogen-bond donors (Lipinski definition) is 0. The Balaban J connectivity index is 1.94. The van der Waals surface area contributed by atoms with Crippen molar-refractivity contribution in [1.29, 1.82) is 0 Å². The number of amides is 2. The standard InChI is InChI=1S/C20H20Br2N2O2/c1-11-5-15(21)17(7-13(11)3)23-9-20(26)24(10-19(23)25)18-8-14(4)12(2)6-16(18)22/h5-8H,9-10H2,1-4H3. The number of nitrogens with zero attached hydrogens (tertiary/aromatic N) is 2. The maximum absolute atomic E-state index is 12.8. The second-order valence-electron chi connectivity index (χ2n) is 6.74. The van der Waals surface area contributed by atoms with Gasteiger partial charge in [-0.05, 0) is 106 Å². The zero-order valence-electron chi connectivity index (χ0n) is 15.2. The molecule has 0 unspecified atom stereocenters. The van der Waals surface area contributed by atoms with Crippen LogP contribution in [0.3, 0.4) is 0 Å². The van der Waals surface area contributed by atoms with Crippen molar-refractivity contribution in [3.63, 3.8) is 0 Å². The minimum atomic E-state index is -0.0984. The van der Waals surface area contributed by atoms with E-state index < -0.39 is 0 Å². The van der Waals surface area contributed by atoms with E-state index in [1.54, 1.807) is 9.80 Å². The number of carbonyl (C=O) groups is 2. The third kappa shape index (κ3) is 3.45. The molecular weight excluding hydrogens is 460 g/mol. The van der Waals surface area contributed by atoms with Crippen LogP contribution in [0.25, 0.3) is 0 Å². The molecule has 3 rings (SSSR count). The Bertz CT molecular complexity index is 849. The van der Waals surface area contributed by atoms with Gasteiger partial charge in [-0.2, -0.15) is 0 Å². The van der Waals surface area contributed by atoms with Crippen LogP contribution in [0.2, 0.25) is 0 Å². The van der Waals surface area contributed by atoms with Crippen molar-refractivity contribution in [3.8, 4) is 0 Å². The van der Waals surface area contributed by atoms with Crippen molar-refractivity contribution in [2.45, 2.75) is 27.7 Å². The molecular formula is C20H20Br2N2O2. The molecule has 0 atom stereocenters. The molecule has 0 spiro atoms. The Morgan fingerprint density at radius 3 is 1.31 bits per heavy atom. The lowest BCUT2D eigenvalue weighted by Gasteiger charge is -2.35. The quantitative estimate of drug-likeness (QED) is 0.619. The van der Waals surface area contributed by atoms with Gasteiger partial charge < -0.3 is 9.80 Å². The van der Waals surface area contributed by atoms with E-state index in [2.05, 4.69) is 31.9 Å². The number of carbonyl (C=O) groups excluding carboxylic acids is 2. The Labute approximate surface area is 170 Å². The molecule has 1 saturated heterocycles. The van der Waals surface area contributed by atoms with Gasteiger partial charge in [0.05, 0.1) is 11.4 Å². The lowest BCUT2D eigenvalue weighted by atomic mass is 10.1. The number of anilines is 2. The van der Waals surface area contributed by atoms with E-state index in [-0.39, 0.29) is 24.9 Å². The van der Waals surface area contributed by atoms with Gasteiger partial charge >= 0.3 is 0 Å². The Morgan fingerprint density at radius 2 is 0.962 bits per heavy atom. The van der Waals surface area contributed by atoms with Crippen molar-refractivity contribution in [3.05, 3.63) is 55.5 Å². The first kappa shape index (κ1) is 19.1. The van der Waals surface area contributed by atoms with Gasteiger partial charge in [0.1, 0.15) is 13.1 Å². The van der Waals surface area contributed by atoms with Crippen molar-refractivity contribution < 1.29 is 9.59 Å². The minimum Gasteiger partial charge on any atom is -0.300 e. The van der Waals surface area contributed by atoms with Crippen LogP contribution in [0, 0.1) is 27.7 Å². The third-order valence-corrected chi connectivity index (χ3v) is 6.17. The molecule has 1 aliphatic rings. The predicted octanol–water partition coefficient (Wildman–Crippen LogP) is 4.83. The highest BCUT2D eigenvalue weighted by atomic mass is 79.9. The molecule has 0 saturated carbocycles. The van der Waals surface area contributed by atoms with Gasteiger partial charge in [-0.25, -0.2) is 0 Å². The Hall–Kier alpha value is -1.66. The number of halogens is 2. The van der Waals surface area contributed by atoms with Crippen LogP contribution in [-0.2, 0) is 9.59 Å². The maximum Gasteiger partial charge on any atom is 0.247 e. The highest BCUT2D eigenvalue weighted by Crippen LogP contribution is 2.34. The van der Waals surface area contributed by atoms with Gasteiger partial charge in [-0.3, -0.25) is 9.59 Å². The summed E-state index contributed by atoms with van der Waals surface area (Å²) in [6.45, 7) is 8.09. The summed E-state index contributed by atoms with van der Waals surface area (Å²) in [6.07, 6.45) is 0. The van der Waals surface area contributed by atoms with Crippen LogP contribution in [0.5, 0.6) is 0 Å². The summed E-state index contributed by atoms with van der Waals surface area (Å²) in [7, 11) is 0. The molecule has 0 aromatic heterocycles. The van der Waals surface area contributed by atoms with E-state index >= 15 is 0 Å². The van der Waals surface area contributed by atoms with Crippen LogP contribution in [-0.4, -0.2) is 24.9 Å². The zero-order valence-corrected chi connectivity index (χ0v) is 18.4. The highest BCUT2D eigenvalue weighted by Gasteiger charge is 2.33. The maximum atomic E-state index is 12.8. The summed E-state index contributed by atoms with van der Waals surface area (Å²) >= 11 is 7.05.